The molecule has 0 saturated carbocycles. The van der Waals surface area contributed by atoms with E-state index < -0.39 is 8.07 Å². The zero-order chi connectivity index (χ0) is 38.8. The maximum absolute atomic E-state index is 2.55. The third kappa shape index (κ3) is 4.64. The lowest BCUT2D eigenvalue weighted by Crippen LogP contribution is -2.61. The molecule has 0 unspecified atom stereocenters. The van der Waals surface area contributed by atoms with Crippen molar-refractivity contribution in [3.63, 3.8) is 0 Å². The quantitative estimate of drug-likeness (QED) is 0.128. The molecule has 2 heterocycles. The summed E-state index contributed by atoms with van der Waals surface area (Å²) in [5.41, 5.74) is 16.0. The Labute approximate surface area is 342 Å². The highest BCUT2D eigenvalue weighted by Gasteiger charge is 2.46. The van der Waals surface area contributed by atoms with Crippen molar-refractivity contribution >= 4 is 62.1 Å². The maximum Gasteiger partial charge on any atom is 0.123 e. The zero-order valence-corrected chi connectivity index (χ0v) is 34.4. The van der Waals surface area contributed by atoms with Crippen LogP contribution in [0.5, 0.6) is 0 Å². The van der Waals surface area contributed by atoms with Gasteiger partial charge in [-0.15, -0.1) is 0 Å². The fourth-order valence-corrected chi connectivity index (χ4v) is 17.3. The summed E-state index contributed by atoms with van der Waals surface area (Å²) in [6, 6.07) is 67.9. The Morgan fingerprint density at radius 3 is 1.86 bits per heavy atom. The van der Waals surface area contributed by atoms with Crippen molar-refractivity contribution < 1.29 is 0 Å². The van der Waals surface area contributed by atoms with Gasteiger partial charge in [0.1, 0.15) is 8.07 Å². The molecule has 3 aliphatic rings. The Kier molecular flexibility index (Phi) is 7.24. The Balaban J connectivity index is 1.15. The third-order valence-corrected chi connectivity index (χ3v) is 19.7. The molecule has 58 heavy (non-hydrogen) atoms. The number of para-hydroxylation sites is 1. The van der Waals surface area contributed by atoms with Gasteiger partial charge in [0, 0.05) is 23.8 Å². The van der Waals surface area contributed by atoms with E-state index in [0.717, 1.165) is 0 Å². The normalized spacial score (nSPS) is 15.8. The first-order chi connectivity index (χ1) is 28.4. The van der Waals surface area contributed by atoms with E-state index in [4.69, 9.17) is 0 Å². The van der Waals surface area contributed by atoms with Gasteiger partial charge in [-0.1, -0.05) is 172 Å². The first-order valence-corrected chi connectivity index (χ1v) is 23.5. The fourth-order valence-electron chi connectivity index (χ4n) is 11.7. The van der Waals surface area contributed by atoms with E-state index in [9.17, 15) is 0 Å². The summed E-state index contributed by atoms with van der Waals surface area (Å²) >= 11 is 0. The summed E-state index contributed by atoms with van der Waals surface area (Å²) in [7, 11) is 0.452. The second-order valence-electron chi connectivity index (χ2n) is 17.6. The van der Waals surface area contributed by atoms with Gasteiger partial charge in [0.25, 0.3) is 0 Å². The van der Waals surface area contributed by atoms with Crippen molar-refractivity contribution in [2.75, 3.05) is 11.9 Å². The van der Waals surface area contributed by atoms with E-state index in [1.165, 1.54) is 124 Å². The van der Waals surface area contributed by atoms with Crippen LogP contribution in [0.1, 0.15) is 37.8 Å². The lowest BCUT2D eigenvalue weighted by molar-refractivity contribution is 0.660. The molecule has 1 fully saturated rings. The minimum Gasteiger partial charge on any atom is -0.345 e. The summed E-state index contributed by atoms with van der Waals surface area (Å²) in [5, 5.41) is 11.0. The average molecular weight is 760 g/mol. The van der Waals surface area contributed by atoms with Crippen molar-refractivity contribution in [1.82, 2.24) is 0 Å². The van der Waals surface area contributed by atoms with Crippen LogP contribution in [0, 0.1) is 0 Å². The van der Waals surface area contributed by atoms with Gasteiger partial charge >= 0.3 is 0 Å². The molecule has 12 rings (SSSR count). The highest BCUT2D eigenvalue weighted by molar-refractivity contribution is 7.04. The lowest BCUT2D eigenvalue weighted by Gasteiger charge is -2.41. The van der Waals surface area contributed by atoms with E-state index in [1.807, 2.05) is 0 Å². The van der Waals surface area contributed by atoms with Crippen LogP contribution >= 0.6 is 0 Å². The van der Waals surface area contributed by atoms with Crippen molar-refractivity contribution in [2.24, 2.45) is 0 Å². The molecule has 2 aliphatic heterocycles. The van der Waals surface area contributed by atoms with Crippen molar-refractivity contribution in [3.05, 3.63) is 181 Å². The molecule has 1 spiro atoms. The summed E-state index contributed by atoms with van der Waals surface area (Å²) in [4.78, 5) is 2.49. The van der Waals surface area contributed by atoms with Gasteiger partial charge in [0.05, 0.1) is 0 Å². The molecule has 0 radical (unpaired) electrons. The summed E-state index contributed by atoms with van der Waals surface area (Å²) in [6.07, 6.45) is 2.68. The molecular formula is C56H45NSi. The first-order valence-electron chi connectivity index (χ1n) is 21.1. The van der Waals surface area contributed by atoms with Gasteiger partial charge in [-0.05, 0) is 135 Å². The van der Waals surface area contributed by atoms with Gasteiger partial charge < -0.3 is 4.90 Å². The van der Waals surface area contributed by atoms with Gasteiger partial charge in [-0.2, -0.15) is 0 Å². The molecule has 2 heteroatoms. The average Bonchev–Trinajstić information content (AvgIpc) is 3.85. The molecule has 0 atom stereocenters. The summed E-state index contributed by atoms with van der Waals surface area (Å²) in [5.74, 6) is 0. The van der Waals surface area contributed by atoms with Crippen molar-refractivity contribution in [3.8, 4) is 44.5 Å². The SMILES string of the molecule is CN1c2ccccc2[Si]2(CCCC2)c2ccc(-c3c4ccccc4c(-c4ccc5c(c4)-c4ccccc4C5(C)C)c4cc(-c5cccc6ccccc56)ccc34)cc21. The van der Waals surface area contributed by atoms with Crippen molar-refractivity contribution in [2.45, 2.75) is 44.2 Å². The second kappa shape index (κ2) is 12.4. The molecular weight excluding hydrogens is 715 g/mol. The van der Waals surface area contributed by atoms with Gasteiger partial charge in [0.2, 0.25) is 0 Å². The van der Waals surface area contributed by atoms with Gasteiger partial charge in [-0.25, -0.2) is 0 Å². The minimum absolute atomic E-state index is 0.0416. The van der Waals surface area contributed by atoms with Crippen LogP contribution in [-0.4, -0.2) is 15.1 Å². The van der Waals surface area contributed by atoms with E-state index in [2.05, 4.69) is 196 Å². The first kappa shape index (κ1) is 33.9. The Bertz CT molecular complexity index is 3180. The highest BCUT2D eigenvalue weighted by Crippen LogP contribution is 2.52. The summed E-state index contributed by atoms with van der Waals surface area (Å²) < 4.78 is 0. The highest BCUT2D eigenvalue weighted by atomic mass is 28.3. The molecule has 0 bridgehead atoms. The smallest absolute Gasteiger partial charge is 0.123 e. The van der Waals surface area contributed by atoms with E-state index >= 15 is 0 Å². The molecule has 1 aliphatic carbocycles. The Morgan fingerprint density at radius 1 is 0.431 bits per heavy atom. The van der Waals surface area contributed by atoms with Gasteiger partial charge in [-0.3, -0.25) is 0 Å². The van der Waals surface area contributed by atoms with Crippen LogP contribution in [0.15, 0.2) is 170 Å². The van der Waals surface area contributed by atoms with Crippen LogP contribution < -0.4 is 15.3 Å². The number of hydrogen-bond acceptors (Lipinski definition) is 1. The van der Waals surface area contributed by atoms with Gasteiger partial charge in [0.15, 0.2) is 0 Å². The van der Waals surface area contributed by atoms with Crippen LogP contribution in [-0.2, 0) is 5.41 Å². The van der Waals surface area contributed by atoms with Crippen LogP contribution in [0.25, 0.3) is 76.8 Å². The lowest BCUT2D eigenvalue weighted by atomic mass is 9.81. The zero-order valence-electron chi connectivity index (χ0n) is 33.4. The maximum atomic E-state index is 2.55. The predicted octanol–water partition coefficient (Wildman–Crippen LogP) is 13.9. The molecule has 278 valence electrons. The number of nitrogens with zero attached hydrogens (tertiary/aromatic N) is 1. The van der Waals surface area contributed by atoms with Crippen LogP contribution in [0.4, 0.5) is 11.4 Å². The number of hydrogen-bond donors (Lipinski definition) is 0. The van der Waals surface area contributed by atoms with Crippen LogP contribution in [0.2, 0.25) is 12.1 Å². The van der Waals surface area contributed by atoms with Crippen LogP contribution in [0.3, 0.4) is 0 Å². The standard InChI is InChI=1S/C56H45NSi/c1-56(2)48-22-9-8-18-42(48)46-34-38(26-29-49(46)56)55-44-20-7-6-19-43(44)54(45-28-25-37(33-47(45)55)41-21-14-16-36-15-4-5-17-40(36)41)39-27-30-53-51(35-39)57(3)50-23-10-11-24-52(50)58(53)31-12-13-32-58/h4-11,14-30,33-35H,12-13,31-32H2,1-3H3. The number of benzene rings is 9. The topological polar surface area (TPSA) is 3.24 Å². The number of fused-ring (bicyclic) bond motifs is 10. The number of rotatable bonds is 3. The molecule has 1 saturated heterocycles. The Morgan fingerprint density at radius 2 is 1.02 bits per heavy atom. The predicted molar refractivity (Wildman–Crippen MR) is 251 cm³/mol. The molecule has 9 aromatic rings. The molecule has 0 aromatic heterocycles. The van der Waals surface area contributed by atoms with E-state index in [-0.39, 0.29) is 5.41 Å². The molecule has 1 nitrogen and oxygen atoms in total. The largest absolute Gasteiger partial charge is 0.345 e. The fraction of sp³-hybridized carbons (Fsp3) is 0.143. The minimum atomic E-state index is -1.84. The third-order valence-electron chi connectivity index (χ3n) is 14.4. The van der Waals surface area contributed by atoms with Crippen molar-refractivity contribution in [1.29, 1.82) is 0 Å². The summed E-state index contributed by atoms with van der Waals surface area (Å²) in [6.45, 7) is 4.75. The molecule has 0 amide bonds. The monoisotopic (exact) mass is 759 g/mol. The van der Waals surface area contributed by atoms with E-state index in [0.29, 0.717) is 0 Å². The number of anilines is 2. The second-order valence-corrected chi connectivity index (χ2v) is 21.9. The molecule has 9 aromatic carbocycles. The molecule has 0 N–H and O–H groups in total. The van der Waals surface area contributed by atoms with E-state index in [1.54, 1.807) is 10.4 Å². The Hall–Kier alpha value is -6.22.